The van der Waals surface area contributed by atoms with Crippen LogP contribution in [0.25, 0.3) is 0 Å². The van der Waals surface area contributed by atoms with E-state index in [-0.39, 0.29) is 12.6 Å². The van der Waals surface area contributed by atoms with Gasteiger partial charge in [-0.2, -0.15) is 0 Å². The summed E-state index contributed by atoms with van der Waals surface area (Å²) >= 11 is 0. The van der Waals surface area contributed by atoms with E-state index < -0.39 is 5.60 Å². The van der Waals surface area contributed by atoms with Crippen molar-refractivity contribution in [3.8, 4) is 5.75 Å². The predicted octanol–water partition coefficient (Wildman–Crippen LogP) is 3.55. The maximum Gasteiger partial charge on any atom is 0.319 e. The van der Waals surface area contributed by atoms with Crippen molar-refractivity contribution in [1.82, 2.24) is 5.32 Å². The van der Waals surface area contributed by atoms with E-state index in [2.05, 4.69) is 10.6 Å². The van der Waals surface area contributed by atoms with Gasteiger partial charge in [0.15, 0.2) is 0 Å². The smallest absolute Gasteiger partial charge is 0.319 e. The second-order valence-electron chi connectivity index (χ2n) is 5.92. The van der Waals surface area contributed by atoms with Gasteiger partial charge >= 0.3 is 6.03 Å². The first-order valence-corrected chi connectivity index (χ1v) is 8.03. The lowest BCUT2D eigenvalue weighted by atomic mass is 10.0. The van der Waals surface area contributed by atoms with E-state index in [1.165, 1.54) is 0 Å². The fraction of sp³-hybridized carbons (Fsp3) is 0.316. The average Bonchev–Trinajstić information content (AvgIpc) is 2.60. The van der Waals surface area contributed by atoms with Crippen LogP contribution in [0.5, 0.6) is 5.75 Å². The first-order chi connectivity index (χ1) is 11.5. The fourth-order valence-electron chi connectivity index (χ4n) is 2.01. The van der Waals surface area contributed by atoms with Crippen LogP contribution in [0.4, 0.5) is 10.5 Å². The van der Waals surface area contributed by atoms with Gasteiger partial charge in [0.1, 0.15) is 12.4 Å². The summed E-state index contributed by atoms with van der Waals surface area (Å²) in [6.07, 6.45) is 0.564. The summed E-state index contributed by atoms with van der Waals surface area (Å²) in [5, 5.41) is 15.4. The molecule has 0 spiro atoms. The number of amides is 2. The van der Waals surface area contributed by atoms with E-state index in [1.54, 1.807) is 6.92 Å². The Hall–Kier alpha value is -2.53. The van der Waals surface area contributed by atoms with E-state index in [0.29, 0.717) is 18.7 Å². The lowest BCUT2D eigenvalue weighted by molar-refractivity contribution is 0.0587. The molecule has 0 bridgehead atoms. The molecule has 3 N–H and O–H groups in total. The third-order valence-electron chi connectivity index (χ3n) is 3.79. The lowest BCUT2D eigenvalue weighted by Crippen LogP contribution is -2.41. The van der Waals surface area contributed by atoms with E-state index in [9.17, 15) is 9.90 Å². The maximum absolute atomic E-state index is 12.0. The lowest BCUT2D eigenvalue weighted by Gasteiger charge is -2.22. The number of carbonyl (C=O) groups is 1. The van der Waals surface area contributed by atoms with Gasteiger partial charge in [-0.3, -0.25) is 0 Å². The zero-order valence-corrected chi connectivity index (χ0v) is 14.1. The van der Waals surface area contributed by atoms with E-state index >= 15 is 0 Å². The molecule has 0 saturated heterocycles. The summed E-state index contributed by atoms with van der Waals surface area (Å²) in [4.78, 5) is 12.0. The predicted molar refractivity (Wildman–Crippen MR) is 95.2 cm³/mol. The molecule has 2 aromatic rings. The number of carbonyl (C=O) groups excluding carboxylic acids is 1. The minimum Gasteiger partial charge on any atom is -0.489 e. The van der Waals surface area contributed by atoms with Gasteiger partial charge in [0, 0.05) is 17.8 Å². The number of benzene rings is 2. The molecule has 0 aliphatic heterocycles. The zero-order chi connectivity index (χ0) is 17.4. The molecule has 5 heteroatoms. The van der Waals surface area contributed by atoms with Crippen molar-refractivity contribution < 1.29 is 14.6 Å². The normalized spacial score (nSPS) is 13.0. The van der Waals surface area contributed by atoms with Crippen LogP contribution in [0, 0.1) is 0 Å². The van der Waals surface area contributed by atoms with Crippen LogP contribution in [0.2, 0.25) is 0 Å². The summed E-state index contributed by atoms with van der Waals surface area (Å²) in [6.45, 7) is 4.11. The van der Waals surface area contributed by atoms with Crippen LogP contribution in [0.3, 0.4) is 0 Å². The minimum atomic E-state index is -0.909. The summed E-state index contributed by atoms with van der Waals surface area (Å²) in [5.41, 5.74) is 0.647. The molecule has 0 radical (unpaired) electrons. The SMILES string of the molecule is CCC(C)(O)CNC(=O)Nc1ccccc1COc1ccccc1. The first-order valence-electron chi connectivity index (χ1n) is 8.03. The molecule has 0 saturated carbocycles. The molecule has 0 aliphatic rings. The van der Waals surface area contributed by atoms with Gasteiger partial charge in [-0.1, -0.05) is 43.3 Å². The fourth-order valence-corrected chi connectivity index (χ4v) is 2.01. The summed E-state index contributed by atoms with van der Waals surface area (Å²) < 4.78 is 5.73. The third kappa shape index (κ3) is 5.59. The zero-order valence-electron chi connectivity index (χ0n) is 14.1. The Morgan fingerprint density at radius 2 is 1.79 bits per heavy atom. The highest BCUT2D eigenvalue weighted by Crippen LogP contribution is 2.18. The van der Waals surface area contributed by atoms with Gasteiger partial charge in [0.2, 0.25) is 0 Å². The molecular formula is C19H24N2O3. The second kappa shape index (κ2) is 8.36. The van der Waals surface area contributed by atoms with E-state index in [1.807, 2.05) is 61.5 Å². The molecule has 2 aromatic carbocycles. The highest BCUT2D eigenvalue weighted by Gasteiger charge is 2.18. The van der Waals surface area contributed by atoms with Crippen LogP contribution >= 0.6 is 0 Å². The van der Waals surface area contributed by atoms with Crippen molar-refractivity contribution in [1.29, 1.82) is 0 Å². The Kier molecular flexibility index (Phi) is 6.21. The first kappa shape index (κ1) is 17.8. The molecular weight excluding hydrogens is 304 g/mol. The molecule has 0 aliphatic carbocycles. The van der Waals surface area contributed by atoms with Crippen LogP contribution in [0.15, 0.2) is 54.6 Å². The average molecular weight is 328 g/mol. The molecule has 2 amide bonds. The number of para-hydroxylation sites is 2. The topological polar surface area (TPSA) is 70.6 Å². The summed E-state index contributed by atoms with van der Waals surface area (Å²) in [6, 6.07) is 16.6. The highest BCUT2D eigenvalue weighted by atomic mass is 16.5. The molecule has 1 unspecified atom stereocenters. The van der Waals surface area contributed by atoms with Crippen molar-refractivity contribution >= 4 is 11.7 Å². The summed E-state index contributed by atoms with van der Waals surface area (Å²) in [7, 11) is 0. The minimum absolute atomic E-state index is 0.192. The number of nitrogens with one attached hydrogen (secondary N) is 2. The third-order valence-corrected chi connectivity index (χ3v) is 3.79. The number of rotatable bonds is 7. The number of urea groups is 1. The van der Waals surface area contributed by atoms with E-state index in [4.69, 9.17) is 4.74 Å². The van der Waals surface area contributed by atoms with E-state index in [0.717, 1.165) is 11.3 Å². The molecule has 0 aromatic heterocycles. The molecule has 0 fully saturated rings. The number of hydrogen-bond acceptors (Lipinski definition) is 3. The largest absolute Gasteiger partial charge is 0.489 e. The maximum atomic E-state index is 12.0. The van der Waals surface area contributed by atoms with Crippen LogP contribution in [-0.4, -0.2) is 23.3 Å². The standard InChI is InChI=1S/C19H24N2O3/c1-3-19(2,23)14-20-18(22)21-17-12-8-7-9-15(17)13-24-16-10-5-4-6-11-16/h4-12,23H,3,13-14H2,1-2H3,(H2,20,21,22). The molecule has 2 rings (SSSR count). The van der Waals surface area contributed by atoms with Crippen molar-refractivity contribution in [3.05, 3.63) is 60.2 Å². The summed E-state index contributed by atoms with van der Waals surface area (Å²) in [5.74, 6) is 0.774. The van der Waals surface area contributed by atoms with Gasteiger partial charge in [0.05, 0.1) is 5.60 Å². The van der Waals surface area contributed by atoms with Gasteiger partial charge in [-0.15, -0.1) is 0 Å². The monoisotopic (exact) mass is 328 g/mol. The second-order valence-corrected chi connectivity index (χ2v) is 5.92. The van der Waals surface area contributed by atoms with Crippen LogP contribution < -0.4 is 15.4 Å². The van der Waals surface area contributed by atoms with Crippen molar-refractivity contribution in [2.24, 2.45) is 0 Å². The molecule has 0 heterocycles. The molecule has 24 heavy (non-hydrogen) atoms. The molecule has 1 atom stereocenters. The van der Waals surface area contributed by atoms with Crippen LogP contribution in [-0.2, 0) is 6.61 Å². The Bertz CT molecular complexity index is 657. The van der Waals surface area contributed by atoms with Gasteiger partial charge in [-0.05, 0) is 31.5 Å². The van der Waals surface area contributed by atoms with Gasteiger partial charge in [0.25, 0.3) is 0 Å². The van der Waals surface area contributed by atoms with Crippen molar-refractivity contribution in [3.63, 3.8) is 0 Å². The number of anilines is 1. The Morgan fingerprint density at radius 1 is 1.12 bits per heavy atom. The quantitative estimate of drug-likeness (QED) is 0.728. The molecule has 5 nitrogen and oxygen atoms in total. The van der Waals surface area contributed by atoms with Crippen molar-refractivity contribution in [2.75, 3.05) is 11.9 Å². The van der Waals surface area contributed by atoms with Crippen LogP contribution in [0.1, 0.15) is 25.8 Å². The highest BCUT2D eigenvalue weighted by molar-refractivity contribution is 5.90. The number of aliphatic hydroxyl groups is 1. The van der Waals surface area contributed by atoms with Gasteiger partial charge in [-0.25, -0.2) is 4.79 Å². The Morgan fingerprint density at radius 3 is 2.50 bits per heavy atom. The van der Waals surface area contributed by atoms with Gasteiger partial charge < -0.3 is 20.5 Å². The van der Waals surface area contributed by atoms with Crippen molar-refractivity contribution in [2.45, 2.75) is 32.5 Å². The number of hydrogen-bond donors (Lipinski definition) is 3. The number of ether oxygens (including phenoxy) is 1. The Labute approximate surface area is 142 Å². The Balaban J connectivity index is 1.94. The molecule has 128 valence electrons.